The van der Waals surface area contributed by atoms with Gasteiger partial charge in [-0.3, -0.25) is 4.57 Å². The first-order valence-electron chi connectivity index (χ1n) is 27.9. The molecule has 3 aromatic heterocycles. The van der Waals surface area contributed by atoms with Crippen molar-refractivity contribution >= 4 is 32.8 Å². The topological polar surface area (TPSA) is 59.6 Å². The van der Waals surface area contributed by atoms with Crippen LogP contribution in [-0.2, 0) is 26.5 Å². The Kier molecular flexibility index (Phi) is 9.33. The Morgan fingerprint density at radius 1 is 0.597 bits per heavy atom. The summed E-state index contributed by atoms with van der Waals surface area (Å²) >= 11 is 0. The van der Waals surface area contributed by atoms with Crippen LogP contribution in [0, 0.1) is 29.8 Å². The third-order valence-corrected chi connectivity index (χ3v) is 12.6. The molecule has 0 aliphatic rings. The molecular weight excluding hydrogens is 1060 g/mol. The van der Waals surface area contributed by atoms with Gasteiger partial charge in [0.15, 0.2) is 0 Å². The Bertz CT molecular complexity index is 4510. The largest absolute Gasteiger partial charge is 0.510 e. The fraction of sp³-hybridized carbons (Fsp3) is 0.0615. The molecule has 7 heteroatoms. The summed E-state index contributed by atoms with van der Waals surface area (Å²) in [4.78, 5) is 4.86. The first-order chi connectivity index (χ1) is 38.9. The Morgan fingerprint density at radius 3 is 1.96 bits per heavy atom. The van der Waals surface area contributed by atoms with E-state index in [-0.39, 0.29) is 60.2 Å². The van der Waals surface area contributed by atoms with Gasteiger partial charge in [0, 0.05) is 44.3 Å². The van der Waals surface area contributed by atoms with Crippen molar-refractivity contribution in [3.63, 3.8) is 0 Å². The van der Waals surface area contributed by atoms with Crippen molar-refractivity contribution in [3.8, 4) is 79.3 Å². The van der Waals surface area contributed by atoms with Gasteiger partial charge in [0.1, 0.15) is 5.82 Å². The van der Waals surface area contributed by atoms with E-state index >= 15 is 0 Å². The van der Waals surface area contributed by atoms with Crippen molar-refractivity contribution in [1.29, 1.82) is 5.26 Å². The maximum absolute atomic E-state index is 10.3. The molecule has 0 aliphatic carbocycles. The molecule has 12 aromatic rings. The molecule has 0 unspecified atom stereocenters. The van der Waals surface area contributed by atoms with E-state index in [4.69, 9.17) is 17.9 Å². The van der Waals surface area contributed by atoms with Gasteiger partial charge in [0.05, 0.1) is 42.1 Å². The fourth-order valence-electron chi connectivity index (χ4n) is 9.30. The zero-order valence-electron chi connectivity index (χ0n) is 49.0. The number of para-hydroxylation sites is 4. The molecular formula is C65H45N5OPt-2. The Hall–Kier alpha value is -8.62. The molecule has 6 nitrogen and oxygen atoms in total. The third-order valence-electron chi connectivity index (χ3n) is 12.6. The third kappa shape index (κ3) is 8.28. The molecule has 0 saturated heterocycles. The predicted octanol–water partition coefficient (Wildman–Crippen LogP) is 15.4. The van der Waals surface area contributed by atoms with Crippen LogP contribution >= 0.6 is 0 Å². The van der Waals surface area contributed by atoms with Crippen LogP contribution in [0.5, 0.6) is 11.5 Å². The summed E-state index contributed by atoms with van der Waals surface area (Å²) in [6.45, 7) is 6.48. The summed E-state index contributed by atoms with van der Waals surface area (Å²) in [5.41, 5.74) is 7.43. The van der Waals surface area contributed by atoms with Crippen molar-refractivity contribution < 1.29 is 44.1 Å². The second kappa shape index (κ2) is 18.9. The number of imidazole rings is 1. The summed E-state index contributed by atoms with van der Waals surface area (Å²) < 4.78 is 101. The van der Waals surface area contributed by atoms with Crippen LogP contribution in [0.2, 0.25) is 0 Å². The Labute approximate surface area is 447 Å². The Balaban J connectivity index is 0.00000705. The van der Waals surface area contributed by atoms with Crippen LogP contribution in [0.1, 0.15) is 45.6 Å². The van der Waals surface area contributed by atoms with Gasteiger partial charge in [-0.05, 0) is 85.3 Å². The molecule has 12 rings (SSSR count). The van der Waals surface area contributed by atoms with Crippen LogP contribution in [0.4, 0.5) is 0 Å². The van der Waals surface area contributed by atoms with Crippen molar-refractivity contribution in [2.75, 3.05) is 0 Å². The normalized spacial score (nSPS) is 13.4. The molecule has 0 amide bonds. The van der Waals surface area contributed by atoms with Gasteiger partial charge < -0.3 is 13.9 Å². The number of hydrogen-bond donors (Lipinski definition) is 0. The minimum atomic E-state index is -0.596. The number of aromatic nitrogens is 4. The number of nitriles is 1. The summed E-state index contributed by atoms with van der Waals surface area (Å²) in [5, 5.41) is 12.3. The quantitative estimate of drug-likeness (QED) is 0.107. The Morgan fingerprint density at radius 2 is 1.24 bits per heavy atom. The SMILES string of the molecule is [2H]c1c([2H])c([2H])c(-c2cccc(-c3c([2H])c([2H])c([2H])c([2H])c3[2H])c2-[n+]2[c-]n(-c3[c-]c(Oc4[c-]c5c(cc4)c4ccccc4n5-c4cc(C(C)(C)C)ccn4)cc(-c4ccccc4-c4ccccc4C#N)c3)c3ccccc32)c([2H])c1[2H].[Pt]. The number of pyridine rings is 1. The molecule has 0 saturated carbocycles. The first-order valence-corrected chi connectivity index (χ1v) is 22.9. The van der Waals surface area contributed by atoms with Crippen LogP contribution in [0.3, 0.4) is 0 Å². The van der Waals surface area contributed by atoms with E-state index in [1.54, 1.807) is 45.5 Å². The van der Waals surface area contributed by atoms with E-state index in [9.17, 15) is 10.7 Å². The van der Waals surface area contributed by atoms with Crippen LogP contribution in [0.25, 0.3) is 94.5 Å². The molecule has 0 spiro atoms. The van der Waals surface area contributed by atoms with Gasteiger partial charge in [0.2, 0.25) is 0 Å². The summed E-state index contributed by atoms with van der Waals surface area (Å²) in [5.74, 6) is 1.36. The molecule has 0 aliphatic heterocycles. The van der Waals surface area contributed by atoms with Crippen molar-refractivity contribution in [2.24, 2.45) is 0 Å². The smallest absolute Gasteiger partial charge is 0.268 e. The molecule has 3 heterocycles. The average Bonchev–Trinajstić information content (AvgIpc) is 4.24. The number of hydrogen-bond acceptors (Lipinski definition) is 3. The van der Waals surface area contributed by atoms with Crippen LogP contribution < -0.4 is 9.30 Å². The second-order valence-electron chi connectivity index (χ2n) is 18.0. The van der Waals surface area contributed by atoms with E-state index in [1.807, 2.05) is 103 Å². The minimum absolute atomic E-state index is 0. The van der Waals surface area contributed by atoms with E-state index < -0.39 is 60.4 Å². The molecule has 72 heavy (non-hydrogen) atoms. The van der Waals surface area contributed by atoms with Gasteiger partial charge in [-0.1, -0.05) is 190 Å². The average molecular weight is 1120 g/mol. The molecule has 0 bridgehead atoms. The molecule has 348 valence electrons. The van der Waals surface area contributed by atoms with E-state index in [0.29, 0.717) is 39.2 Å². The zero-order valence-corrected chi connectivity index (χ0v) is 41.2. The maximum Gasteiger partial charge on any atom is 0.268 e. The molecule has 9 aromatic carbocycles. The van der Waals surface area contributed by atoms with Crippen molar-refractivity contribution in [2.45, 2.75) is 26.2 Å². The maximum atomic E-state index is 10.3. The summed E-state index contributed by atoms with van der Waals surface area (Å²) in [7, 11) is 0. The van der Waals surface area contributed by atoms with Crippen LogP contribution in [-0.4, -0.2) is 14.1 Å². The van der Waals surface area contributed by atoms with E-state index in [2.05, 4.69) is 68.1 Å². The number of ether oxygens (including phenoxy) is 1. The molecule has 0 fully saturated rings. The van der Waals surface area contributed by atoms with Crippen molar-refractivity contribution in [3.05, 3.63) is 248 Å². The summed E-state index contributed by atoms with van der Waals surface area (Å²) in [6.07, 6.45) is 5.32. The number of rotatable bonds is 9. The fourth-order valence-corrected chi connectivity index (χ4v) is 9.30. The van der Waals surface area contributed by atoms with Gasteiger partial charge in [-0.15, -0.1) is 35.2 Å². The monoisotopic (exact) mass is 1120 g/mol. The number of benzene rings is 9. The van der Waals surface area contributed by atoms with Gasteiger partial charge in [0.25, 0.3) is 6.33 Å². The van der Waals surface area contributed by atoms with Gasteiger partial charge in [-0.25, -0.2) is 4.98 Å². The zero-order chi connectivity index (χ0) is 56.8. The van der Waals surface area contributed by atoms with E-state index in [1.165, 1.54) is 0 Å². The molecule has 0 radical (unpaired) electrons. The molecule has 0 N–H and O–H groups in total. The standard InChI is InChI=1S/C65H45N5O.Pt/c1-65(2,3)48-35-36-67-63(39-48)70-59-30-15-14-27-57(59)58-34-33-50(41-62(58)70)71-51-38-47(53-25-12-13-26-56(53)52-24-11-10-23-46(52)42-66)37-49(40-51)68-43-69(61-32-17-16-31-60(61)68)64-54(44-19-6-4-7-20-44)28-18-29-55(64)45-21-8-5-9-22-45;/h4-39H,1-3H3;/q-2;/i4D,5D,6D,7D,8D,9D,19D,20D,21D,22D;. The first kappa shape index (κ1) is 35.5. The van der Waals surface area contributed by atoms with Gasteiger partial charge >= 0.3 is 0 Å². The minimum Gasteiger partial charge on any atom is -0.510 e. The van der Waals surface area contributed by atoms with Crippen LogP contribution in [0.15, 0.2) is 218 Å². The molecule has 0 atom stereocenters. The van der Waals surface area contributed by atoms with Crippen molar-refractivity contribution in [1.82, 2.24) is 14.1 Å². The number of fused-ring (bicyclic) bond motifs is 4. The van der Waals surface area contributed by atoms with E-state index in [0.717, 1.165) is 44.3 Å². The second-order valence-corrected chi connectivity index (χ2v) is 18.0. The van der Waals surface area contributed by atoms with Gasteiger partial charge in [-0.2, -0.15) is 17.4 Å². The summed E-state index contributed by atoms with van der Waals surface area (Å²) in [6, 6.07) is 50.9. The predicted molar refractivity (Wildman–Crippen MR) is 285 cm³/mol. The number of nitrogens with zero attached hydrogens (tertiary/aromatic N) is 5.